The zero-order chi connectivity index (χ0) is 12.1. The number of hydrogen-bond donors (Lipinski definition) is 3. The average molecular weight is 227 g/mol. The number of nitrogens with zero attached hydrogens (tertiary/aromatic N) is 1. The molecule has 1 rings (SSSR count). The molecule has 0 saturated carbocycles. The van der Waals surface area contributed by atoms with E-state index in [1.807, 2.05) is 10.6 Å². The van der Waals surface area contributed by atoms with Gasteiger partial charge in [0, 0.05) is 18.9 Å². The number of aliphatic hydroxyl groups is 1. The predicted molar refractivity (Wildman–Crippen MR) is 54.9 cm³/mol. The van der Waals surface area contributed by atoms with Crippen LogP contribution in [0.25, 0.3) is 0 Å². The first kappa shape index (κ1) is 12.3. The molecule has 16 heavy (non-hydrogen) atoms. The number of imide groups is 2. The third-order valence-electron chi connectivity index (χ3n) is 2.09. The third-order valence-corrected chi connectivity index (χ3v) is 2.09. The van der Waals surface area contributed by atoms with Gasteiger partial charge in [-0.2, -0.15) is 0 Å². The summed E-state index contributed by atoms with van der Waals surface area (Å²) in [5.41, 5.74) is 0.330. The number of urea groups is 1. The fourth-order valence-electron chi connectivity index (χ4n) is 1.32. The standard InChI is InChI=1S/C9H13N3O4/c1-5(10-3-2-4-13)6-7(14)11-9(16)12-8(6)15/h6,13H,2-4H2,1H3,(H2,11,12,14,15,16). The maximum Gasteiger partial charge on any atom is 0.328 e. The maximum absolute atomic E-state index is 11.4. The Hall–Kier alpha value is -1.76. The molecule has 0 atom stereocenters. The van der Waals surface area contributed by atoms with E-state index in [9.17, 15) is 14.4 Å². The van der Waals surface area contributed by atoms with Crippen molar-refractivity contribution in [2.75, 3.05) is 13.2 Å². The van der Waals surface area contributed by atoms with E-state index in [-0.39, 0.29) is 6.61 Å². The van der Waals surface area contributed by atoms with E-state index in [2.05, 4.69) is 4.99 Å². The number of nitrogens with one attached hydrogen (secondary N) is 2. The zero-order valence-corrected chi connectivity index (χ0v) is 8.82. The highest BCUT2D eigenvalue weighted by Gasteiger charge is 2.35. The summed E-state index contributed by atoms with van der Waals surface area (Å²) in [6, 6.07) is -0.811. The Labute approximate surface area is 91.9 Å². The SMILES string of the molecule is CC(=NCCCO)C1C(=O)NC(=O)NC1=O. The number of hydrogen-bond acceptors (Lipinski definition) is 5. The highest BCUT2D eigenvalue weighted by molar-refractivity contribution is 6.27. The highest BCUT2D eigenvalue weighted by atomic mass is 16.3. The summed E-state index contributed by atoms with van der Waals surface area (Å²) in [6.45, 7) is 1.88. The molecule has 0 spiro atoms. The van der Waals surface area contributed by atoms with E-state index in [0.717, 1.165) is 0 Å². The van der Waals surface area contributed by atoms with Crippen LogP contribution in [0.2, 0.25) is 0 Å². The van der Waals surface area contributed by atoms with Crippen molar-refractivity contribution in [1.29, 1.82) is 0 Å². The van der Waals surface area contributed by atoms with Gasteiger partial charge in [-0.3, -0.25) is 25.2 Å². The molecule has 0 aromatic carbocycles. The van der Waals surface area contributed by atoms with E-state index < -0.39 is 23.8 Å². The molecular weight excluding hydrogens is 214 g/mol. The minimum Gasteiger partial charge on any atom is -0.396 e. The van der Waals surface area contributed by atoms with Crippen molar-refractivity contribution in [3.05, 3.63) is 0 Å². The second kappa shape index (κ2) is 5.36. The van der Waals surface area contributed by atoms with E-state index in [4.69, 9.17) is 5.11 Å². The highest BCUT2D eigenvalue weighted by Crippen LogP contribution is 2.05. The fraction of sp³-hybridized carbons (Fsp3) is 0.556. The van der Waals surface area contributed by atoms with Crippen molar-refractivity contribution in [2.45, 2.75) is 13.3 Å². The first-order chi connectivity index (χ1) is 7.56. The molecule has 88 valence electrons. The molecule has 0 aromatic heterocycles. The van der Waals surface area contributed by atoms with Crippen molar-refractivity contribution in [2.24, 2.45) is 10.9 Å². The second-order valence-electron chi connectivity index (χ2n) is 3.34. The van der Waals surface area contributed by atoms with Gasteiger partial charge in [0.05, 0.1) is 0 Å². The molecule has 1 aliphatic heterocycles. The van der Waals surface area contributed by atoms with Crippen LogP contribution >= 0.6 is 0 Å². The van der Waals surface area contributed by atoms with Gasteiger partial charge in [0.1, 0.15) is 0 Å². The van der Waals surface area contributed by atoms with Crippen LogP contribution in [0.5, 0.6) is 0 Å². The summed E-state index contributed by atoms with van der Waals surface area (Å²) in [6.07, 6.45) is 0.465. The summed E-state index contributed by atoms with van der Waals surface area (Å²) in [4.78, 5) is 37.5. The minimum atomic E-state index is -1.06. The van der Waals surface area contributed by atoms with Gasteiger partial charge in [0.15, 0.2) is 5.92 Å². The molecule has 0 radical (unpaired) electrons. The van der Waals surface area contributed by atoms with Crippen LogP contribution in [-0.4, -0.2) is 41.8 Å². The molecule has 1 saturated heterocycles. The number of aliphatic hydroxyl groups excluding tert-OH is 1. The number of rotatable bonds is 4. The van der Waals surface area contributed by atoms with Crippen LogP contribution in [0.4, 0.5) is 4.79 Å². The molecule has 1 fully saturated rings. The number of amides is 4. The second-order valence-corrected chi connectivity index (χ2v) is 3.34. The number of barbiturate groups is 1. The van der Waals surface area contributed by atoms with Crippen LogP contribution in [0, 0.1) is 5.92 Å². The molecular formula is C9H13N3O4. The lowest BCUT2D eigenvalue weighted by Gasteiger charge is -2.20. The van der Waals surface area contributed by atoms with E-state index >= 15 is 0 Å². The summed E-state index contributed by atoms with van der Waals surface area (Å²) >= 11 is 0. The van der Waals surface area contributed by atoms with E-state index in [1.54, 1.807) is 0 Å². The van der Waals surface area contributed by atoms with Gasteiger partial charge in [0.25, 0.3) is 0 Å². The third kappa shape index (κ3) is 2.86. The molecule has 7 nitrogen and oxygen atoms in total. The Kier molecular flexibility index (Phi) is 4.12. The molecule has 0 aromatic rings. The quantitative estimate of drug-likeness (QED) is 0.319. The first-order valence-electron chi connectivity index (χ1n) is 4.83. The first-order valence-corrected chi connectivity index (χ1v) is 4.83. The lowest BCUT2D eigenvalue weighted by Crippen LogP contribution is -2.57. The molecule has 1 heterocycles. The predicted octanol–water partition coefficient (Wildman–Crippen LogP) is -1.19. The van der Waals surface area contributed by atoms with Gasteiger partial charge < -0.3 is 5.11 Å². The number of carbonyl (C=O) groups excluding carboxylic acids is 3. The van der Waals surface area contributed by atoms with E-state index in [0.29, 0.717) is 18.7 Å². The maximum atomic E-state index is 11.4. The van der Waals surface area contributed by atoms with Crippen molar-refractivity contribution >= 4 is 23.6 Å². The average Bonchev–Trinajstić information content (AvgIpc) is 2.16. The van der Waals surface area contributed by atoms with Crippen LogP contribution < -0.4 is 10.6 Å². The van der Waals surface area contributed by atoms with Crippen molar-refractivity contribution in [3.63, 3.8) is 0 Å². The Morgan fingerprint density at radius 3 is 2.38 bits per heavy atom. The van der Waals surface area contributed by atoms with Crippen LogP contribution in [-0.2, 0) is 9.59 Å². The van der Waals surface area contributed by atoms with Crippen molar-refractivity contribution in [1.82, 2.24) is 10.6 Å². The van der Waals surface area contributed by atoms with Crippen LogP contribution in [0.1, 0.15) is 13.3 Å². The Morgan fingerprint density at radius 1 is 1.31 bits per heavy atom. The smallest absolute Gasteiger partial charge is 0.328 e. The molecule has 0 bridgehead atoms. The number of carbonyl (C=O) groups is 3. The lowest BCUT2D eigenvalue weighted by molar-refractivity contribution is -0.132. The van der Waals surface area contributed by atoms with Crippen LogP contribution in [0.3, 0.4) is 0 Å². The van der Waals surface area contributed by atoms with Gasteiger partial charge in [-0.15, -0.1) is 0 Å². The van der Waals surface area contributed by atoms with Gasteiger partial charge >= 0.3 is 6.03 Å². The van der Waals surface area contributed by atoms with Gasteiger partial charge in [0.2, 0.25) is 11.8 Å². The molecule has 7 heteroatoms. The van der Waals surface area contributed by atoms with Crippen molar-refractivity contribution < 1.29 is 19.5 Å². The molecule has 3 N–H and O–H groups in total. The van der Waals surface area contributed by atoms with Gasteiger partial charge in [-0.1, -0.05) is 0 Å². The summed E-state index contributed by atoms with van der Waals surface area (Å²) in [7, 11) is 0. The Morgan fingerprint density at radius 2 is 1.88 bits per heavy atom. The normalized spacial score (nSPS) is 18.4. The van der Waals surface area contributed by atoms with Crippen molar-refractivity contribution in [3.8, 4) is 0 Å². The Bertz CT molecular complexity index is 331. The number of aliphatic imine (C=N–C) groups is 1. The Balaban J connectivity index is 2.70. The van der Waals surface area contributed by atoms with Crippen LogP contribution in [0.15, 0.2) is 4.99 Å². The molecule has 0 unspecified atom stereocenters. The topological polar surface area (TPSA) is 108 Å². The minimum absolute atomic E-state index is 0.00166. The summed E-state index contributed by atoms with van der Waals surface area (Å²) < 4.78 is 0. The van der Waals surface area contributed by atoms with E-state index in [1.165, 1.54) is 6.92 Å². The largest absolute Gasteiger partial charge is 0.396 e. The molecule has 4 amide bonds. The molecule has 0 aliphatic carbocycles. The van der Waals surface area contributed by atoms with Gasteiger partial charge in [-0.05, 0) is 13.3 Å². The summed E-state index contributed by atoms with van der Waals surface area (Å²) in [5.74, 6) is -2.39. The molecule has 1 aliphatic rings. The lowest BCUT2D eigenvalue weighted by atomic mass is 10.0. The zero-order valence-electron chi connectivity index (χ0n) is 8.82. The fourth-order valence-corrected chi connectivity index (χ4v) is 1.32. The summed E-state index contributed by atoms with van der Waals surface area (Å²) in [5, 5.41) is 12.5. The monoisotopic (exact) mass is 227 g/mol. The van der Waals surface area contributed by atoms with Gasteiger partial charge in [-0.25, -0.2) is 4.79 Å².